The zero-order valence-electron chi connectivity index (χ0n) is 6.82. The minimum Gasteiger partial charge on any atom is -0.465 e. The summed E-state index contributed by atoms with van der Waals surface area (Å²) in [7, 11) is 0. The second-order valence-corrected chi connectivity index (χ2v) is 2.81. The second-order valence-electron chi connectivity index (χ2n) is 2.81. The number of imidazole rings is 1. The van der Waals surface area contributed by atoms with Crippen molar-refractivity contribution in [3.05, 3.63) is 18.2 Å². The maximum absolute atomic E-state index is 11.5. The number of ether oxygens (including phenoxy) is 1. The number of rotatable bonds is 2. The summed E-state index contributed by atoms with van der Waals surface area (Å²) in [6.45, 7) is 0.329. The van der Waals surface area contributed by atoms with Crippen LogP contribution < -0.4 is 0 Å². The van der Waals surface area contributed by atoms with Crippen LogP contribution in [0.15, 0.2) is 12.4 Å². The highest BCUT2D eigenvalue weighted by atomic mass is 16.5. The van der Waals surface area contributed by atoms with Crippen molar-refractivity contribution in [2.75, 3.05) is 6.61 Å². The topological polar surface area (TPSA) is 72.1 Å². The summed E-state index contributed by atoms with van der Waals surface area (Å²) in [5.41, 5.74) is 0. The summed E-state index contributed by atoms with van der Waals surface area (Å²) in [4.78, 5) is 29.0. The van der Waals surface area contributed by atoms with Gasteiger partial charge in [0.2, 0.25) is 5.78 Å². The zero-order chi connectivity index (χ0) is 9.26. The molecule has 0 bridgehead atoms. The molecule has 5 heteroatoms. The summed E-state index contributed by atoms with van der Waals surface area (Å²) >= 11 is 0. The number of carbonyl (C=O) groups is 2. The first-order chi connectivity index (χ1) is 6.29. The molecule has 1 aliphatic heterocycles. The molecule has 0 spiro atoms. The van der Waals surface area contributed by atoms with E-state index in [1.54, 1.807) is 6.20 Å². The lowest BCUT2D eigenvalue weighted by Gasteiger charge is -1.99. The van der Waals surface area contributed by atoms with Gasteiger partial charge in [-0.05, 0) is 0 Å². The van der Waals surface area contributed by atoms with Crippen molar-refractivity contribution >= 4 is 11.8 Å². The molecule has 2 rings (SSSR count). The molecule has 2 heterocycles. The molecule has 1 aromatic rings. The molecular formula is C8H8N2O3. The summed E-state index contributed by atoms with van der Waals surface area (Å²) in [6.07, 6.45) is 3.49. The number of hydrogen-bond acceptors (Lipinski definition) is 4. The van der Waals surface area contributed by atoms with Gasteiger partial charge in [0.05, 0.1) is 6.61 Å². The second kappa shape index (κ2) is 3.01. The summed E-state index contributed by atoms with van der Waals surface area (Å²) in [5, 5.41) is 0. The molecule has 0 aromatic carbocycles. The van der Waals surface area contributed by atoms with Gasteiger partial charge in [0.15, 0.2) is 5.82 Å². The smallest absolute Gasteiger partial charge is 0.317 e. The van der Waals surface area contributed by atoms with Gasteiger partial charge < -0.3 is 9.72 Å². The molecule has 0 aliphatic carbocycles. The molecule has 68 valence electrons. The van der Waals surface area contributed by atoms with Crippen molar-refractivity contribution in [1.29, 1.82) is 0 Å². The number of Topliss-reactive ketones (excluding diaryl/α,β-unsaturated/α-hetero) is 1. The number of nitrogens with zero attached hydrogens (tertiary/aromatic N) is 1. The molecule has 5 nitrogen and oxygen atoms in total. The largest absolute Gasteiger partial charge is 0.465 e. The number of aromatic nitrogens is 2. The lowest BCUT2D eigenvalue weighted by atomic mass is 10.0. The third kappa shape index (κ3) is 1.32. The molecule has 0 radical (unpaired) electrons. The SMILES string of the molecule is O=C1OCC[C@@H]1C(=O)c1ncc[nH]1. The lowest BCUT2D eigenvalue weighted by molar-refractivity contribution is -0.140. The third-order valence-corrected chi connectivity index (χ3v) is 1.98. The van der Waals surface area contributed by atoms with E-state index in [4.69, 9.17) is 0 Å². The Kier molecular flexibility index (Phi) is 1.84. The van der Waals surface area contributed by atoms with Crippen molar-refractivity contribution in [2.45, 2.75) is 6.42 Å². The Hall–Kier alpha value is -1.65. The Morgan fingerprint density at radius 1 is 1.69 bits per heavy atom. The fourth-order valence-electron chi connectivity index (χ4n) is 1.30. The number of hydrogen-bond donors (Lipinski definition) is 1. The molecule has 0 amide bonds. The Labute approximate surface area is 74.1 Å². The number of esters is 1. The lowest BCUT2D eigenvalue weighted by Crippen LogP contribution is -2.20. The third-order valence-electron chi connectivity index (χ3n) is 1.98. The molecule has 13 heavy (non-hydrogen) atoms. The molecule has 1 fully saturated rings. The monoisotopic (exact) mass is 180 g/mol. The molecule has 1 aliphatic rings. The van der Waals surface area contributed by atoms with E-state index in [-0.39, 0.29) is 11.6 Å². The average Bonchev–Trinajstić information content (AvgIpc) is 2.72. The van der Waals surface area contributed by atoms with Gasteiger partial charge in [0, 0.05) is 18.8 Å². The maximum atomic E-state index is 11.5. The predicted octanol–water partition coefficient (Wildman–Crippen LogP) is 0.156. The van der Waals surface area contributed by atoms with E-state index in [9.17, 15) is 9.59 Å². The van der Waals surface area contributed by atoms with E-state index < -0.39 is 11.9 Å². The van der Waals surface area contributed by atoms with Gasteiger partial charge >= 0.3 is 5.97 Å². The van der Waals surface area contributed by atoms with Gasteiger partial charge in [-0.3, -0.25) is 9.59 Å². The van der Waals surface area contributed by atoms with Gasteiger partial charge in [-0.2, -0.15) is 0 Å². The van der Waals surface area contributed by atoms with E-state index in [0.717, 1.165) is 0 Å². The number of ketones is 1. The molecule has 1 atom stereocenters. The Morgan fingerprint density at radius 3 is 3.08 bits per heavy atom. The highest BCUT2D eigenvalue weighted by Gasteiger charge is 2.34. The first kappa shape index (κ1) is 7.97. The van der Waals surface area contributed by atoms with Crippen LogP contribution in [0.3, 0.4) is 0 Å². The van der Waals surface area contributed by atoms with Gasteiger partial charge in [-0.15, -0.1) is 0 Å². The minimum atomic E-state index is -0.661. The number of cyclic esters (lactones) is 1. The first-order valence-electron chi connectivity index (χ1n) is 3.99. The van der Waals surface area contributed by atoms with Crippen LogP contribution >= 0.6 is 0 Å². The number of nitrogens with one attached hydrogen (secondary N) is 1. The average molecular weight is 180 g/mol. The molecule has 1 saturated heterocycles. The van der Waals surface area contributed by atoms with Crippen LogP contribution in [0, 0.1) is 5.92 Å². The number of aromatic amines is 1. The van der Waals surface area contributed by atoms with Crippen molar-refractivity contribution in [3.63, 3.8) is 0 Å². The van der Waals surface area contributed by atoms with E-state index in [0.29, 0.717) is 13.0 Å². The van der Waals surface area contributed by atoms with Crippen LogP contribution in [0.1, 0.15) is 17.0 Å². The first-order valence-corrected chi connectivity index (χ1v) is 3.99. The van der Waals surface area contributed by atoms with Gasteiger partial charge in [0.1, 0.15) is 5.92 Å². The Bertz CT molecular complexity index is 331. The van der Waals surface area contributed by atoms with Crippen molar-refractivity contribution in [2.24, 2.45) is 5.92 Å². The molecule has 0 saturated carbocycles. The van der Waals surface area contributed by atoms with Gasteiger partial charge in [-0.1, -0.05) is 0 Å². The normalized spacial score (nSPS) is 21.5. The van der Waals surface area contributed by atoms with E-state index in [1.807, 2.05) is 0 Å². The highest BCUT2D eigenvalue weighted by Crippen LogP contribution is 2.17. The van der Waals surface area contributed by atoms with Crippen molar-refractivity contribution in [3.8, 4) is 0 Å². The Morgan fingerprint density at radius 2 is 2.54 bits per heavy atom. The van der Waals surface area contributed by atoms with Crippen LogP contribution in [0.2, 0.25) is 0 Å². The molecule has 1 aromatic heterocycles. The van der Waals surface area contributed by atoms with E-state index >= 15 is 0 Å². The standard InChI is InChI=1S/C8H8N2O3/c11-6(7-9-2-3-10-7)5-1-4-13-8(5)12/h2-3,5H,1,4H2,(H,9,10)/t5-/m1/s1. The van der Waals surface area contributed by atoms with E-state index in [1.165, 1.54) is 6.20 Å². The molecule has 0 unspecified atom stereocenters. The number of H-pyrrole nitrogens is 1. The van der Waals surface area contributed by atoms with Crippen LogP contribution in [0.25, 0.3) is 0 Å². The van der Waals surface area contributed by atoms with Crippen molar-refractivity contribution in [1.82, 2.24) is 9.97 Å². The van der Waals surface area contributed by atoms with Crippen LogP contribution in [0.5, 0.6) is 0 Å². The van der Waals surface area contributed by atoms with Gasteiger partial charge in [0.25, 0.3) is 0 Å². The van der Waals surface area contributed by atoms with E-state index in [2.05, 4.69) is 14.7 Å². The summed E-state index contributed by atoms with van der Waals surface area (Å²) in [6, 6.07) is 0. The maximum Gasteiger partial charge on any atom is 0.317 e. The highest BCUT2D eigenvalue weighted by molar-refractivity contribution is 6.07. The van der Waals surface area contributed by atoms with Crippen molar-refractivity contribution < 1.29 is 14.3 Å². The fraction of sp³-hybridized carbons (Fsp3) is 0.375. The molecule has 1 N–H and O–H groups in total. The van der Waals surface area contributed by atoms with Crippen LogP contribution in [-0.4, -0.2) is 28.3 Å². The predicted molar refractivity (Wildman–Crippen MR) is 42.0 cm³/mol. The molecular weight excluding hydrogens is 172 g/mol. The van der Waals surface area contributed by atoms with Crippen LogP contribution in [0.4, 0.5) is 0 Å². The zero-order valence-corrected chi connectivity index (χ0v) is 6.82. The Balaban J connectivity index is 2.18. The number of carbonyl (C=O) groups excluding carboxylic acids is 2. The minimum absolute atomic E-state index is 0.226. The van der Waals surface area contributed by atoms with Gasteiger partial charge in [-0.25, -0.2) is 4.98 Å². The summed E-state index contributed by atoms with van der Waals surface area (Å²) < 4.78 is 4.68. The van der Waals surface area contributed by atoms with Crippen LogP contribution in [-0.2, 0) is 9.53 Å². The summed E-state index contributed by atoms with van der Waals surface area (Å²) in [5.74, 6) is -1.16. The fourth-order valence-corrected chi connectivity index (χ4v) is 1.30. The quantitative estimate of drug-likeness (QED) is 0.399.